The molecule has 94 valence electrons. The summed E-state index contributed by atoms with van der Waals surface area (Å²) in [6.45, 7) is 6.29. The van der Waals surface area contributed by atoms with Crippen molar-refractivity contribution in [3.63, 3.8) is 0 Å². The molecule has 0 spiro atoms. The number of hydrogen-bond acceptors (Lipinski definition) is 3. The molecule has 1 aliphatic heterocycles. The number of hydrogen-bond donors (Lipinski definition) is 2. The number of aromatic carboxylic acids is 1. The zero-order valence-electron chi connectivity index (χ0n) is 10.5. The highest BCUT2D eigenvalue weighted by molar-refractivity contribution is 7.12. The van der Waals surface area contributed by atoms with E-state index in [0.717, 1.165) is 17.7 Å². The minimum atomic E-state index is -0.806. The zero-order valence-corrected chi connectivity index (χ0v) is 11.3. The minimum absolute atomic E-state index is 0.476. The van der Waals surface area contributed by atoms with Gasteiger partial charge in [-0.1, -0.05) is 0 Å². The van der Waals surface area contributed by atoms with Crippen molar-refractivity contribution >= 4 is 17.3 Å². The molecule has 2 unspecified atom stereocenters. The Labute approximate surface area is 106 Å². The van der Waals surface area contributed by atoms with Gasteiger partial charge in [0, 0.05) is 21.8 Å². The van der Waals surface area contributed by atoms with Gasteiger partial charge in [-0.05, 0) is 45.6 Å². The Bertz CT molecular complexity index is 417. The fourth-order valence-corrected chi connectivity index (χ4v) is 3.87. The van der Waals surface area contributed by atoms with Gasteiger partial charge >= 0.3 is 5.97 Å². The number of carboxylic acids is 1. The predicted molar refractivity (Wildman–Crippen MR) is 70.1 cm³/mol. The van der Waals surface area contributed by atoms with Gasteiger partial charge in [0.05, 0.1) is 5.56 Å². The smallest absolute Gasteiger partial charge is 0.336 e. The molecule has 1 aromatic heterocycles. The standard InChI is InChI=1S/C13H19NO2S/c1-7-4-10(5-8(2)14-7)12-6-11(13(15)16)9(3)17-12/h6-8,10,14H,4-5H2,1-3H3,(H,15,16). The van der Waals surface area contributed by atoms with E-state index in [4.69, 9.17) is 5.11 Å². The number of aryl methyl sites for hydroxylation is 1. The van der Waals surface area contributed by atoms with Crippen LogP contribution in [0.15, 0.2) is 6.07 Å². The van der Waals surface area contributed by atoms with Crippen molar-refractivity contribution in [2.45, 2.75) is 51.6 Å². The highest BCUT2D eigenvalue weighted by Crippen LogP contribution is 2.36. The number of nitrogens with one attached hydrogen (secondary N) is 1. The number of rotatable bonds is 2. The van der Waals surface area contributed by atoms with Crippen LogP contribution >= 0.6 is 11.3 Å². The Morgan fingerprint density at radius 3 is 2.47 bits per heavy atom. The SMILES string of the molecule is Cc1sc(C2CC(C)NC(C)C2)cc1C(=O)O. The number of carbonyl (C=O) groups is 1. The first-order valence-electron chi connectivity index (χ1n) is 6.07. The summed E-state index contributed by atoms with van der Waals surface area (Å²) in [5.41, 5.74) is 0.476. The molecule has 2 atom stereocenters. The van der Waals surface area contributed by atoms with Crippen LogP contribution in [0.1, 0.15) is 52.7 Å². The van der Waals surface area contributed by atoms with Crippen LogP contribution in [0.5, 0.6) is 0 Å². The lowest BCUT2D eigenvalue weighted by atomic mass is 9.88. The van der Waals surface area contributed by atoms with E-state index in [1.807, 2.05) is 13.0 Å². The first-order chi connectivity index (χ1) is 7.97. The van der Waals surface area contributed by atoms with E-state index >= 15 is 0 Å². The summed E-state index contributed by atoms with van der Waals surface area (Å²) >= 11 is 1.64. The van der Waals surface area contributed by atoms with Crippen molar-refractivity contribution in [2.75, 3.05) is 0 Å². The van der Waals surface area contributed by atoms with Crippen LogP contribution in [0.2, 0.25) is 0 Å². The lowest BCUT2D eigenvalue weighted by Crippen LogP contribution is -2.41. The second-order valence-corrected chi connectivity index (χ2v) is 6.35. The summed E-state index contributed by atoms with van der Waals surface area (Å²) in [5, 5.41) is 12.6. The molecule has 3 nitrogen and oxygen atoms in total. The summed E-state index contributed by atoms with van der Waals surface area (Å²) in [6, 6.07) is 2.90. The molecule has 0 bridgehead atoms. The fraction of sp³-hybridized carbons (Fsp3) is 0.615. The average molecular weight is 253 g/mol. The van der Waals surface area contributed by atoms with Crippen LogP contribution in [0.3, 0.4) is 0 Å². The Morgan fingerprint density at radius 1 is 1.41 bits per heavy atom. The highest BCUT2D eigenvalue weighted by atomic mass is 32.1. The Hall–Kier alpha value is -0.870. The zero-order chi connectivity index (χ0) is 12.6. The maximum absolute atomic E-state index is 11.0. The lowest BCUT2D eigenvalue weighted by Gasteiger charge is -2.32. The quantitative estimate of drug-likeness (QED) is 0.852. The van der Waals surface area contributed by atoms with E-state index in [0.29, 0.717) is 23.6 Å². The third-order valence-corrected chi connectivity index (χ3v) is 4.63. The summed E-state index contributed by atoms with van der Waals surface area (Å²) in [6.07, 6.45) is 2.20. The lowest BCUT2D eigenvalue weighted by molar-refractivity contribution is 0.0696. The van der Waals surface area contributed by atoms with E-state index in [9.17, 15) is 4.79 Å². The fourth-order valence-electron chi connectivity index (χ4n) is 2.72. The molecular formula is C13H19NO2S. The third-order valence-electron chi connectivity index (χ3n) is 3.41. The van der Waals surface area contributed by atoms with Crippen LogP contribution in [0, 0.1) is 6.92 Å². The monoisotopic (exact) mass is 253 g/mol. The Kier molecular flexibility index (Phi) is 3.54. The van der Waals surface area contributed by atoms with Gasteiger partial charge in [-0.3, -0.25) is 0 Å². The first kappa shape index (κ1) is 12.6. The summed E-state index contributed by atoms with van der Waals surface area (Å²) in [7, 11) is 0. The molecule has 0 amide bonds. The molecule has 0 radical (unpaired) electrons. The van der Waals surface area contributed by atoms with Crippen LogP contribution in [-0.4, -0.2) is 23.2 Å². The van der Waals surface area contributed by atoms with E-state index in [2.05, 4.69) is 19.2 Å². The largest absolute Gasteiger partial charge is 0.478 e. The molecule has 1 fully saturated rings. The van der Waals surface area contributed by atoms with Crippen molar-refractivity contribution < 1.29 is 9.90 Å². The van der Waals surface area contributed by atoms with Crippen molar-refractivity contribution in [3.05, 3.63) is 21.4 Å². The van der Waals surface area contributed by atoms with Crippen molar-refractivity contribution in [2.24, 2.45) is 0 Å². The van der Waals surface area contributed by atoms with Crippen LogP contribution in [0.25, 0.3) is 0 Å². The van der Waals surface area contributed by atoms with Crippen LogP contribution in [0.4, 0.5) is 0 Å². The molecule has 1 aliphatic rings. The van der Waals surface area contributed by atoms with Gasteiger partial charge in [0.2, 0.25) is 0 Å². The van der Waals surface area contributed by atoms with Crippen LogP contribution < -0.4 is 5.32 Å². The van der Waals surface area contributed by atoms with E-state index in [-0.39, 0.29) is 0 Å². The summed E-state index contributed by atoms with van der Waals surface area (Å²) in [5.74, 6) is -0.293. The topological polar surface area (TPSA) is 49.3 Å². The molecule has 17 heavy (non-hydrogen) atoms. The maximum atomic E-state index is 11.0. The van der Waals surface area contributed by atoms with Crippen molar-refractivity contribution in [1.29, 1.82) is 0 Å². The molecule has 2 N–H and O–H groups in total. The maximum Gasteiger partial charge on any atom is 0.336 e. The molecule has 1 saturated heterocycles. The number of carboxylic acid groups (broad SMARTS) is 1. The van der Waals surface area contributed by atoms with Gasteiger partial charge in [0.25, 0.3) is 0 Å². The van der Waals surface area contributed by atoms with Crippen molar-refractivity contribution in [1.82, 2.24) is 5.32 Å². The van der Waals surface area contributed by atoms with Crippen molar-refractivity contribution in [3.8, 4) is 0 Å². The average Bonchev–Trinajstić information content (AvgIpc) is 2.59. The molecule has 1 aromatic rings. The Balaban J connectivity index is 2.22. The van der Waals surface area contributed by atoms with Gasteiger partial charge in [-0.15, -0.1) is 11.3 Å². The van der Waals surface area contributed by atoms with Gasteiger partial charge < -0.3 is 10.4 Å². The molecule has 2 heterocycles. The number of thiophene rings is 1. The Morgan fingerprint density at radius 2 is 2.00 bits per heavy atom. The predicted octanol–water partition coefficient (Wildman–Crippen LogP) is 3.00. The van der Waals surface area contributed by atoms with E-state index in [1.165, 1.54) is 4.88 Å². The number of piperidine rings is 1. The van der Waals surface area contributed by atoms with Gasteiger partial charge in [0.15, 0.2) is 0 Å². The summed E-state index contributed by atoms with van der Waals surface area (Å²) < 4.78 is 0. The second-order valence-electron chi connectivity index (χ2n) is 5.06. The molecule has 0 aliphatic carbocycles. The second kappa shape index (κ2) is 4.78. The molecule has 0 aromatic carbocycles. The van der Waals surface area contributed by atoms with E-state index < -0.39 is 5.97 Å². The highest BCUT2D eigenvalue weighted by Gasteiger charge is 2.26. The first-order valence-corrected chi connectivity index (χ1v) is 6.88. The third kappa shape index (κ3) is 2.69. The molecular weight excluding hydrogens is 234 g/mol. The van der Waals surface area contributed by atoms with Gasteiger partial charge in [0.1, 0.15) is 0 Å². The molecule has 0 saturated carbocycles. The van der Waals surface area contributed by atoms with Gasteiger partial charge in [-0.25, -0.2) is 4.79 Å². The molecule has 2 rings (SSSR count). The molecule has 4 heteroatoms. The minimum Gasteiger partial charge on any atom is -0.478 e. The van der Waals surface area contributed by atoms with E-state index in [1.54, 1.807) is 11.3 Å². The van der Waals surface area contributed by atoms with Gasteiger partial charge in [-0.2, -0.15) is 0 Å². The summed E-state index contributed by atoms with van der Waals surface area (Å²) in [4.78, 5) is 13.2. The van der Waals surface area contributed by atoms with Crippen LogP contribution in [-0.2, 0) is 0 Å². The normalized spacial score (nSPS) is 29.2.